The number of halogens is 1. The van der Waals surface area contributed by atoms with E-state index in [0.29, 0.717) is 33.5 Å². The summed E-state index contributed by atoms with van der Waals surface area (Å²) >= 11 is 6.01. The molecule has 0 saturated heterocycles. The smallest absolute Gasteiger partial charge is 0.257 e. The molecule has 0 aliphatic rings. The van der Waals surface area contributed by atoms with Crippen molar-refractivity contribution in [3.63, 3.8) is 0 Å². The standard InChI is InChI=1S/C15H15ClN2O3/c1-20-10-4-5-11(13(17)8-10)15(19)18-9-3-6-14(21-2)12(16)7-9/h3-8H,17H2,1-2H3,(H,18,19). The molecule has 1 amide bonds. The second kappa shape index (κ2) is 6.37. The van der Waals surface area contributed by atoms with Gasteiger partial charge in [-0.1, -0.05) is 11.6 Å². The molecule has 0 aromatic heterocycles. The molecule has 0 fully saturated rings. The number of rotatable bonds is 4. The van der Waals surface area contributed by atoms with Crippen molar-refractivity contribution in [2.45, 2.75) is 0 Å². The molecule has 0 aliphatic carbocycles. The van der Waals surface area contributed by atoms with Gasteiger partial charge in [-0.3, -0.25) is 4.79 Å². The van der Waals surface area contributed by atoms with Crippen molar-refractivity contribution >= 4 is 28.9 Å². The fourth-order valence-corrected chi connectivity index (χ4v) is 2.07. The van der Waals surface area contributed by atoms with Crippen molar-refractivity contribution in [3.8, 4) is 11.5 Å². The minimum atomic E-state index is -0.323. The van der Waals surface area contributed by atoms with Crippen LogP contribution < -0.4 is 20.5 Å². The first-order chi connectivity index (χ1) is 10.0. The van der Waals surface area contributed by atoms with E-state index >= 15 is 0 Å². The molecule has 2 aromatic carbocycles. The number of carbonyl (C=O) groups is 1. The van der Waals surface area contributed by atoms with E-state index in [2.05, 4.69) is 5.32 Å². The van der Waals surface area contributed by atoms with Crippen LogP contribution in [0.1, 0.15) is 10.4 Å². The summed E-state index contributed by atoms with van der Waals surface area (Å²) in [6.07, 6.45) is 0. The van der Waals surface area contributed by atoms with Gasteiger partial charge in [0.2, 0.25) is 0 Å². The van der Waals surface area contributed by atoms with Gasteiger partial charge in [0.1, 0.15) is 11.5 Å². The monoisotopic (exact) mass is 306 g/mol. The summed E-state index contributed by atoms with van der Waals surface area (Å²) in [4.78, 5) is 12.2. The van der Waals surface area contributed by atoms with Crippen molar-refractivity contribution in [1.82, 2.24) is 0 Å². The van der Waals surface area contributed by atoms with Crippen LogP contribution in [-0.2, 0) is 0 Å². The Kier molecular flexibility index (Phi) is 4.55. The fraction of sp³-hybridized carbons (Fsp3) is 0.133. The van der Waals surface area contributed by atoms with Crippen LogP contribution in [0.25, 0.3) is 0 Å². The van der Waals surface area contributed by atoms with Crippen LogP contribution in [-0.4, -0.2) is 20.1 Å². The number of nitrogens with one attached hydrogen (secondary N) is 1. The van der Waals surface area contributed by atoms with E-state index in [-0.39, 0.29) is 5.91 Å². The summed E-state index contributed by atoms with van der Waals surface area (Å²) in [5, 5.41) is 3.14. The molecule has 0 heterocycles. The molecule has 110 valence electrons. The van der Waals surface area contributed by atoms with Gasteiger partial charge in [0.05, 0.1) is 24.8 Å². The topological polar surface area (TPSA) is 73.6 Å². The van der Waals surface area contributed by atoms with Gasteiger partial charge in [-0.05, 0) is 30.3 Å². The largest absolute Gasteiger partial charge is 0.497 e. The molecule has 0 aliphatic heterocycles. The Balaban J connectivity index is 2.20. The predicted octanol–water partition coefficient (Wildman–Crippen LogP) is 3.19. The highest BCUT2D eigenvalue weighted by atomic mass is 35.5. The van der Waals surface area contributed by atoms with Crippen molar-refractivity contribution in [3.05, 3.63) is 47.0 Å². The molecule has 0 radical (unpaired) electrons. The Morgan fingerprint density at radius 1 is 1.14 bits per heavy atom. The molecule has 0 unspecified atom stereocenters. The Morgan fingerprint density at radius 2 is 1.90 bits per heavy atom. The number of ether oxygens (including phenoxy) is 2. The van der Waals surface area contributed by atoms with E-state index in [0.717, 1.165) is 0 Å². The van der Waals surface area contributed by atoms with Crippen molar-refractivity contribution in [2.24, 2.45) is 0 Å². The van der Waals surface area contributed by atoms with E-state index in [1.807, 2.05) is 0 Å². The van der Waals surface area contributed by atoms with E-state index in [4.69, 9.17) is 26.8 Å². The van der Waals surface area contributed by atoms with Crippen LogP contribution in [0.5, 0.6) is 11.5 Å². The molecule has 3 N–H and O–H groups in total. The normalized spacial score (nSPS) is 10.0. The van der Waals surface area contributed by atoms with Gasteiger partial charge >= 0.3 is 0 Å². The highest BCUT2D eigenvalue weighted by Crippen LogP contribution is 2.28. The van der Waals surface area contributed by atoms with E-state index in [1.165, 1.54) is 14.2 Å². The van der Waals surface area contributed by atoms with E-state index in [9.17, 15) is 4.79 Å². The number of nitrogen functional groups attached to an aromatic ring is 1. The predicted molar refractivity (Wildman–Crippen MR) is 83.4 cm³/mol. The number of methoxy groups -OCH3 is 2. The zero-order chi connectivity index (χ0) is 15.4. The van der Waals surface area contributed by atoms with Crippen LogP contribution in [0.15, 0.2) is 36.4 Å². The maximum Gasteiger partial charge on any atom is 0.257 e. The minimum absolute atomic E-state index is 0.323. The molecule has 0 bridgehead atoms. The van der Waals surface area contributed by atoms with Crippen LogP contribution >= 0.6 is 11.6 Å². The third kappa shape index (κ3) is 3.38. The zero-order valence-corrected chi connectivity index (χ0v) is 12.4. The fourth-order valence-electron chi connectivity index (χ4n) is 1.82. The number of anilines is 2. The lowest BCUT2D eigenvalue weighted by molar-refractivity contribution is 0.102. The molecule has 21 heavy (non-hydrogen) atoms. The lowest BCUT2D eigenvalue weighted by atomic mass is 10.1. The summed E-state index contributed by atoms with van der Waals surface area (Å²) in [5.41, 5.74) is 7.10. The molecule has 2 rings (SSSR count). The molecule has 0 atom stereocenters. The average Bonchev–Trinajstić information content (AvgIpc) is 2.47. The lowest BCUT2D eigenvalue weighted by Gasteiger charge is -2.10. The molecule has 0 spiro atoms. The number of hydrogen-bond donors (Lipinski definition) is 2. The summed E-state index contributed by atoms with van der Waals surface area (Å²) in [6.45, 7) is 0. The zero-order valence-electron chi connectivity index (χ0n) is 11.6. The maximum absolute atomic E-state index is 12.2. The van der Waals surface area contributed by atoms with Crippen LogP contribution in [0.2, 0.25) is 5.02 Å². The maximum atomic E-state index is 12.2. The first kappa shape index (κ1) is 15.0. The van der Waals surface area contributed by atoms with Crippen LogP contribution in [0, 0.1) is 0 Å². The lowest BCUT2D eigenvalue weighted by Crippen LogP contribution is -2.14. The van der Waals surface area contributed by atoms with Gasteiger partial charge in [-0.25, -0.2) is 0 Å². The van der Waals surface area contributed by atoms with Crippen molar-refractivity contribution < 1.29 is 14.3 Å². The van der Waals surface area contributed by atoms with Gasteiger partial charge in [0, 0.05) is 17.4 Å². The summed E-state index contributed by atoms with van der Waals surface area (Å²) in [5.74, 6) is 0.812. The first-order valence-corrected chi connectivity index (χ1v) is 6.51. The van der Waals surface area contributed by atoms with Gasteiger partial charge in [0.15, 0.2) is 0 Å². The molecule has 2 aromatic rings. The Hall–Kier alpha value is -2.40. The number of carbonyl (C=O) groups excluding carboxylic acids is 1. The second-order valence-electron chi connectivity index (χ2n) is 4.26. The van der Waals surface area contributed by atoms with Crippen molar-refractivity contribution in [2.75, 3.05) is 25.3 Å². The third-order valence-corrected chi connectivity index (χ3v) is 3.21. The second-order valence-corrected chi connectivity index (χ2v) is 4.66. The van der Waals surface area contributed by atoms with Crippen LogP contribution in [0.3, 0.4) is 0 Å². The molecule has 5 nitrogen and oxygen atoms in total. The van der Waals surface area contributed by atoms with Gasteiger partial charge < -0.3 is 20.5 Å². The summed E-state index contributed by atoms with van der Waals surface area (Å²) < 4.78 is 10.1. The minimum Gasteiger partial charge on any atom is -0.497 e. The highest BCUT2D eigenvalue weighted by Gasteiger charge is 2.12. The Morgan fingerprint density at radius 3 is 2.48 bits per heavy atom. The van der Waals surface area contributed by atoms with E-state index < -0.39 is 0 Å². The first-order valence-electron chi connectivity index (χ1n) is 6.13. The summed E-state index contributed by atoms with van der Waals surface area (Å²) in [6, 6.07) is 9.85. The number of amides is 1. The highest BCUT2D eigenvalue weighted by molar-refractivity contribution is 6.32. The summed E-state index contributed by atoms with van der Waals surface area (Å²) in [7, 11) is 3.06. The van der Waals surface area contributed by atoms with Gasteiger partial charge in [0.25, 0.3) is 5.91 Å². The number of nitrogens with two attached hydrogens (primary N) is 1. The molecular formula is C15H15ClN2O3. The Labute approximate surface area is 127 Å². The Bertz CT molecular complexity index is 674. The average molecular weight is 307 g/mol. The molecule has 6 heteroatoms. The van der Waals surface area contributed by atoms with E-state index in [1.54, 1.807) is 36.4 Å². The van der Waals surface area contributed by atoms with Crippen molar-refractivity contribution in [1.29, 1.82) is 0 Å². The molecule has 0 saturated carbocycles. The number of hydrogen-bond acceptors (Lipinski definition) is 4. The van der Waals surface area contributed by atoms with Gasteiger partial charge in [-0.15, -0.1) is 0 Å². The SMILES string of the molecule is COc1ccc(C(=O)Nc2ccc(OC)c(Cl)c2)c(N)c1. The molecular weight excluding hydrogens is 292 g/mol. The number of benzene rings is 2. The van der Waals surface area contributed by atoms with Crippen LogP contribution in [0.4, 0.5) is 11.4 Å². The quantitative estimate of drug-likeness (QED) is 0.851. The van der Waals surface area contributed by atoms with Gasteiger partial charge in [-0.2, -0.15) is 0 Å². The third-order valence-electron chi connectivity index (χ3n) is 2.91.